The number of aromatic amines is 1. The Balaban J connectivity index is 1.45. The average Bonchev–Trinajstić information content (AvgIpc) is 3.39. The van der Waals surface area contributed by atoms with Crippen molar-refractivity contribution < 1.29 is 35.3 Å². The predicted octanol–water partition coefficient (Wildman–Crippen LogP) is 8.13. The fourth-order valence-electron chi connectivity index (χ4n) is 4.70. The normalized spacial score (nSPS) is 12.7. The summed E-state index contributed by atoms with van der Waals surface area (Å²) in [6.07, 6.45) is 0.0784. The second-order valence-corrected chi connectivity index (χ2v) is 11.4. The Morgan fingerprint density at radius 1 is 0.905 bits per heavy atom. The van der Waals surface area contributed by atoms with Crippen LogP contribution >= 0.6 is 11.6 Å². The number of aromatic nitrogens is 1. The molecule has 0 unspecified atom stereocenters. The van der Waals surface area contributed by atoms with Crippen LogP contribution in [0.2, 0.25) is 5.02 Å². The van der Waals surface area contributed by atoms with E-state index in [0.717, 1.165) is 34.3 Å². The van der Waals surface area contributed by atoms with Crippen LogP contribution < -0.4 is 8.92 Å². The van der Waals surface area contributed by atoms with Crippen LogP contribution in [-0.2, 0) is 10.1 Å². The molecule has 1 atom stereocenters. The molecule has 1 heterocycles. The molecule has 4 aromatic carbocycles. The van der Waals surface area contributed by atoms with Gasteiger partial charge in [0.2, 0.25) is 0 Å². The molecule has 6 nitrogen and oxygen atoms in total. The quantitative estimate of drug-likeness (QED) is 0.103. The first-order valence-electron chi connectivity index (χ1n) is 12.6. The van der Waals surface area contributed by atoms with Crippen LogP contribution in [-0.4, -0.2) is 31.8 Å². The second-order valence-electron chi connectivity index (χ2n) is 9.47. The summed E-state index contributed by atoms with van der Waals surface area (Å²) < 4.78 is 70.3. The number of Topliss-reactive ketones (excluding diaryl/α,β-unsaturated/α-hetero) is 1. The number of benzene rings is 4. The zero-order valence-electron chi connectivity index (χ0n) is 22.0. The van der Waals surface area contributed by atoms with E-state index in [9.17, 15) is 26.4 Å². The number of methoxy groups -OCH3 is 1. The zero-order valence-corrected chi connectivity index (χ0v) is 23.6. The lowest BCUT2D eigenvalue weighted by Crippen LogP contribution is -2.28. The number of H-pyrrole nitrogens is 1. The maximum Gasteiger partial charge on any atom is 0.534 e. The third-order valence-corrected chi connectivity index (χ3v) is 7.96. The molecule has 216 valence electrons. The minimum Gasteiger partial charge on any atom is -0.496 e. The maximum absolute atomic E-state index is 13.7. The van der Waals surface area contributed by atoms with Gasteiger partial charge >= 0.3 is 15.6 Å². The summed E-state index contributed by atoms with van der Waals surface area (Å²) in [6.45, 7) is 0. The van der Waals surface area contributed by atoms with Gasteiger partial charge in [-0.15, -0.1) is 0 Å². The average molecular weight is 614 g/mol. The fourth-order valence-corrected chi connectivity index (χ4v) is 5.34. The van der Waals surface area contributed by atoms with Gasteiger partial charge in [-0.1, -0.05) is 60.1 Å². The van der Waals surface area contributed by atoms with Gasteiger partial charge in [0.15, 0.2) is 5.78 Å². The SMILES string of the molecule is COc1ccc(Cl)cc1[C@@H](CC(=O)c1cccc(-c2ccc(OS(=O)(=O)C(F)(F)F)cc2)c1)c1cc2ccccc2[nH]1. The molecule has 0 saturated carbocycles. The molecular weight excluding hydrogens is 591 g/mol. The number of carbonyl (C=O) groups is 1. The lowest BCUT2D eigenvalue weighted by atomic mass is 9.87. The van der Waals surface area contributed by atoms with Gasteiger partial charge in [0, 0.05) is 39.7 Å². The number of hydrogen-bond donors (Lipinski definition) is 1. The van der Waals surface area contributed by atoms with Crippen molar-refractivity contribution in [3.63, 3.8) is 0 Å². The van der Waals surface area contributed by atoms with E-state index in [0.29, 0.717) is 27.5 Å². The first-order chi connectivity index (χ1) is 19.9. The molecular formula is C31H23ClF3NO5S. The molecule has 0 radical (unpaired) electrons. The lowest BCUT2D eigenvalue weighted by molar-refractivity contribution is -0.0500. The number of para-hydroxylation sites is 1. The van der Waals surface area contributed by atoms with Crippen LogP contribution in [0.3, 0.4) is 0 Å². The molecule has 0 aliphatic rings. The van der Waals surface area contributed by atoms with Crippen molar-refractivity contribution >= 4 is 38.4 Å². The Morgan fingerprint density at radius 3 is 2.33 bits per heavy atom. The van der Waals surface area contributed by atoms with Crippen molar-refractivity contribution in [3.05, 3.63) is 119 Å². The van der Waals surface area contributed by atoms with E-state index in [1.54, 1.807) is 49.6 Å². The molecule has 11 heteroatoms. The molecule has 0 saturated heterocycles. The lowest BCUT2D eigenvalue weighted by Gasteiger charge is -2.19. The molecule has 1 aromatic heterocycles. The topological polar surface area (TPSA) is 85.5 Å². The van der Waals surface area contributed by atoms with Gasteiger partial charge in [-0.05, 0) is 65.0 Å². The summed E-state index contributed by atoms with van der Waals surface area (Å²) in [6, 6.07) is 26.8. The van der Waals surface area contributed by atoms with Crippen LogP contribution in [0.4, 0.5) is 13.2 Å². The van der Waals surface area contributed by atoms with E-state index in [2.05, 4.69) is 9.17 Å². The Morgan fingerprint density at radius 2 is 1.64 bits per heavy atom. The monoisotopic (exact) mass is 613 g/mol. The summed E-state index contributed by atoms with van der Waals surface area (Å²) in [5, 5.41) is 1.49. The molecule has 0 aliphatic carbocycles. The smallest absolute Gasteiger partial charge is 0.496 e. The number of ketones is 1. The molecule has 1 N–H and O–H groups in total. The van der Waals surface area contributed by atoms with E-state index in [4.69, 9.17) is 16.3 Å². The highest BCUT2D eigenvalue weighted by molar-refractivity contribution is 7.88. The van der Waals surface area contributed by atoms with Gasteiger partial charge in [-0.2, -0.15) is 21.6 Å². The van der Waals surface area contributed by atoms with Gasteiger partial charge in [-0.3, -0.25) is 4.79 Å². The van der Waals surface area contributed by atoms with Gasteiger partial charge in [0.25, 0.3) is 0 Å². The third-order valence-electron chi connectivity index (χ3n) is 6.74. The van der Waals surface area contributed by atoms with Gasteiger partial charge in [-0.25, -0.2) is 0 Å². The van der Waals surface area contributed by atoms with Crippen molar-refractivity contribution in [2.45, 2.75) is 17.8 Å². The van der Waals surface area contributed by atoms with Gasteiger partial charge in [0.1, 0.15) is 11.5 Å². The highest BCUT2D eigenvalue weighted by Gasteiger charge is 2.48. The number of alkyl halides is 3. The zero-order chi connectivity index (χ0) is 30.1. The van der Waals surface area contributed by atoms with Crippen molar-refractivity contribution in [1.29, 1.82) is 0 Å². The molecule has 42 heavy (non-hydrogen) atoms. The van der Waals surface area contributed by atoms with E-state index in [-0.39, 0.29) is 12.2 Å². The van der Waals surface area contributed by atoms with E-state index >= 15 is 0 Å². The van der Waals surface area contributed by atoms with Crippen molar-refractivity contribution in [1.82, 2.24) is 4.98 Å². The highest BCUT2D eigenvalue weighted by Crippen LogP contribution is 2.38. The number of nitrogens with one attached hydrogen (secondary N) is 1. The number of fused-ring (bicyclic) bond motifs is 1. The third kappa shape index (κ3) is 6.14. The molecule has 5 aromatic rings. The summed E-state index contributed by atoms with van der Waals surface area (Å²) >= 11 is 6.35. The summed E-state index contributed by atoms with van der Waals surface area (Å²) in [7, 11) is -4.23. The molecule has 0 aliphatic heterocycles. The van der Waals surface area contributed by atoms with E-state index in [1.165, 1.54) is 12.1 Å². The molecule has 0 spiro atoms. The van der Waals surface area contributed by atoms with Crippen LogP contribution in [0.25, 0.3) is 22.0 Å². The summed E-state index contributed by atoms with van der Waals surface area (Å²) in [5.41, 5.74) is -1.51. The number of ether oxygens (including phenoxy) is 1. The number of carbonyl (C=O) groups excluding carboxylic acids is 1. The minimum absolute atomic E-state index is 0.0784. The van der Waals surface area contributed by atoms with Gasteiger partial charge in [0.05, 0.1) is 7.11 Å². The molecule has 5 rings (SSSR count). The Kier molecular flexibility index (Phi) is 8.03. The Bertz CT molecular complexity index is 1840. The van der Waals surface area contributed by atoms with E-state index in [1.807, 2.05) is 30.3 Å². The number of halogens is 4. The highest BCUT2D eigenvalue weighted by atomic mass is 35.5. The summed E-state index contributed by atoms with van der Waals surface area (Å²) in [5.74, 6) is -0.493. The van der Waals surface area contributed by atoms with Crippen LogP contribution in [0.1, 0.15) is 34.0 Å². The molecule has 0 amide bonds. The molecule has 0 bridgehead atoms. The Labute approximate surface area is 244 Å². The first kappa shape index (κ1) is 29.2. The van der Waals surface area contributed by atoms with Crippen molar-refractivity contribution in [2.24, 2.45) is 0 Å². The standard InChI is InChI=1S/C31H23ClF3NO5S/c1-40-30-14-11-23(32)17-26(30)25(28-16-21-5-2-3-8-27(21)36-28)18-29(37)22-7-4-6-20(15-22)19-9-12-24(13-10-19)41-42(38,39)31(33,34)35/h2-17,25,36H,18H2,1H3/t25-/m1/s1. The number of hydrogen-bond acceptors (Lipinski definition) is 5. The van der Waals surface area contributed by atoms with Crippen molar-refractivity contribution in [3.8, 4) is 22.6 Å². The largest absolute Gasteiger partial charge is 0.534 e. The van der Waals surface area contributed by atoms with Crippen molar-refractivity contribution in [2.75, 3.05) is 7.11 Å². The predicted molar refractivity (Wildman–Crippen MR) is 155 cm³/mol. The van der Waals surface area contributed by atoms with Crippen LogP contribution in [0.15, 0.2) is 97.1 Å². The second kappa shape index (κ2) is 11.5. The first-order valence-corrected chi connectivity index (χ1v) is 14.4. The Hall–Kier alpha value is -4.28. The minimum atomic E-state index is -5.78. The molecule has 0 fully saturated rings. The number of rotatable bonds is 9. The fraction of sp³-hybridized carbons (Fsp3) is 0.129. The van der Waals surface area contributed by atoms with Gasteiger partial charge < -0.3 is 13.9 Å². The maximum atomic E-state index is 13.7. The summed E-state index contributed by atoms with van der Waals surface area (Å²) in [4.78, 5) is 17.1. The van der Waals surface area contributed by atoms with Crippen LogP contribution in [0, 0.1) is 0 Å². The van der Waals surface area contributed by atoms with E-state index < -0.39 is 27.3 Å². The van der Waals surface area contributed by atoms with Crippen LogP contribution in [0.5, 0.6) is 11.5 Å².